The number of methoxy groups -OCH3 is 1. The van der Waals surface area contributed by atoms with Crippen LogP contribution in [0, 0.1) is 12.7 Å². The highest BCUT2D eigenvalue weighted by atomic mass is 79.9. The highest BCUT2D eigenvalue weighted by molar-refractivity contribution is 9.10. The zero-order valence-electron chi connectivity index (χ0n) is 17.0. The van der Waals surface area contributed by atoms with Crippen LogP contribution in [0.3, 0.4) is 0 Å². The van der Waals surface area contributed by atoms with Gasteiger partial charge in [-0.1, -0.05) is 0 Å². The summed E-state index contributed by atoms with van der Waals surface area (Å²) in [7, 11) is -2.29. The van der Waals surface area contributed by atoms with E-state index in [2.05, 4.69) is 25.9 Å². The van der Waals surface area contributed by atoms with Crippen LogP contribution in [-0.4, -0.2) is 30.1 Å². The number of benzene rings is 2. The predicted molar refractivity (Wildman–Crippen MR) is 121 cm³/mol. The van der Waals surface area contributed by atoms with Crippen LogP contribution in [0.5, 0.6) is 5.75 Å². The van der Waals surface area contributed by atoms with E-state index < -0.39 is 21.2 Å². The fraction of sp³-hybridized carbons (Fsp3) is 0.136. The van der Waals surface area contributed by atoms with Gasteiger partial charge in [0, 0.05) is 23.7 Å². The van der Waals surface area contributed by atoms with Crippen LogP contribution in [0.4, 0.5) is 4.39 Å². The Morgan fingerprint density at radius 3 is 2.62 bits per heavy atom. The van der Waals surface area contributed by atoms with Crippen LogP contribution in [-0.2, 0) is 15.6 Å². The molecule has 0 aliphatic rings. The van der Waals surface area contributed by atoms with E-state index in [0.717, 1.165) is 0 Å². The SMILES string of the molecule is COc1cc(Br)c(F)cc1-n1c(=O)ccc2cc(S(=O)(=O)Cc3ccnc(C)n3)ccc21. The van der Waals surface area contributed by atoms with Gasteiger partial charge in [0.15, 0.2) is 9.84 Å². The number of ether oxygens (including phenoxy) is 1. The maximum absolute atomic E-state index is 14.3. The topological polar surface area (TPSA) is 91.2 Å². The van der Waals surface area contributed by atoms with Crippen LogP contribution in [0.25, 0.3) is 16.6 Å². The molecule has 0 spiro atoms. The van der Waals surface area contributed by atoms with Gasteiger partial charge in [0.25, 0.3) is 5.56 Å². The molecule has 0 saturated heterocycles. The average molecular weight is 518 g/mol. The van der Waals surface area contributed by atoms with Gasteiger partial charge in [-0.3, -0.25) is 9.36 Å². The largest absolute Gasteiger partial charge is 0.495 e. The molecule has 0 N–H and O–H groups in total. The molecule has 0 aliphatic carbocycles. The van der Waals surface area contributed by atoms with Crippen LogP contribution in [0.2, 0.25) is 0 Å². The Bertz CT molecular complexity index is 1520. The molecule has 2 aromatic carbocycles. The summed E-state index contributed by atoms with van der Waals surface area (Å²) < 4.78 is 47.0. The summed E-state index contributed by atoms with van der Waals surface area (Å²) in [6.07, 6.45) is 1.51. The summed E-state index contributed by atoms with van der Waals surface area (Å²) >= 11 is 3.11. The first-order valence-corrected chi connectivity index (χ1v) is 11.8. The monoisotopic (exact) mass is 517 g/mol. The zero-order chi connectivity index (χ0) is 23.0. The molecule has 0 fully saturated rings. The zero-order valence-corrected chi connectivity index (χ0v) is 19.4. The third-order valence-electron chi connectivity index (χ3n) is 4.86. The first-order valence-electron chi connectivity index (χ1n) is 9.40. The summed E-state index contributed by atoms with van der Waals surface area (Å²) in [4.78, 5) is 20.9. The lowest BCUT2D eigenvalue weighted by atomic mass is 10.2. The minimum Gasteiger partial charge on any atom is -0.495 e. The summed E-state index contributed by atoms with van der Waals surface area (Å²) in [5.74, 6) is -0.0866. The molecule has 0 saturated carbocycles. The number of pyridine rings is 1. The van der Waals surface area contributed by atoms with Crippen LogP contribution in [0.1, 0.15) is 11.5 Å². The van der Waals surface area contributed by atoms with Crippen LogP contribution < -0.4 is 10.3 Å². The first kappa shape index (κ1) is 22.1. The lowest BCUT2D eigenvalue weighted by molar-refractivity contribution is 0.411. The predicted octanol–water partition coefficient (Wildman–Crippen LogP) is 3.97. The lowest BCUT2D eigenvalue weighted by Gasteiger charge is -2.15. The van der Waals surface area contributed by atoms with Crippen molar-refractivity contribution in [2.24, 2.45) is 0 Å². The van der Waals surface area contributed by atoms with Gasteiger partial charge in [0.1, 0.15) is 17.4 Å². The summed E-state index contributed by atoms with van der Waals surface area (Å²) in [6.45, 7) is 1.69. The maximum Gasteiger partial charge on any atom is 0.255 e. The number of rotatable bonds is 5. The van der Waals surface area contributed by atoms with E-state index in [1.807, 2.05) is 0 Å². The van der Waals surface area contributed by atoms with Crippen LogP contribution in [0.15, 0.2) is 68.9 Å². The quantitative estimate of drug-likeness (QED) is 0.397. The van der Waals surface area contributed by atoms with E-state index in [-0.39, 0.29) is 26.6 Å². The maximum atomic E-state index is 14.3. The van der Waals surface area contributed by atoms with Crippen molar-refractivity contribution in [1.29, 1.82) is 0 Å². The highest BCUT2D eigenvalue weighted by Gasteiger charge is 2.19. The molecule has 7 nitrogen and oxygen atoms in total. The van der Waals surface area contributed by atoms with E-state index in [0.29, 0.717) is 22.4 Å². The molecular weight excluding hydrogens is 501 g/mol. The first-order chi connectivity index (χ1) is 15.2. The smallest absolute Gasteiger partial charge is 0.255 e. The van der Waals surface area contributed by atoms with Crippen molar-refractivity contribution < 1.29 is 17.5 Å². The molecular formula is C22H17BrFN3O4S. The van der Waals surface area contributed by atoms with Crippen molar-refractivity contribution in [2.45, 2.75) is 17.6 Å². The average Bonchev–Trinajstić information content (AvgIpc) is 2.75. The van der Waals surface area contributed by atoms with Gasteiger partial charge in [-0.15, -0.1) is 0 Å². The van der Waals surface area contributed by atoms with Gasteiger partial charge >= 0.3 is 0 Å². The van der Waals surface area contributed by atoms with Crippen molar-refractivity contribution >= 4 is 36.7 Å². The second-order valence-electron chi connectivity index (χ2n) is 7.02. The van der Waals surface area contributed by atoms with Crippen molar-refractivity contribution in [3.8, 4) is 11.4 Å². The molecule has 164 valence electrons. The summed E-state index contributed by atoms with van der Waals surface area (Å²) in [5, 5.41) is 0.495. The third kappa shape index (κ3) is 4.15. The molecule has 0 atom stereocenters. The molecule has 10 heteroatoms. The van der Waals surface area contributed by atoms with Gasteiger partial charge in [-0.25, -0.2) is 22.8 Å². The van der Waals surface area contributed by atoms with Crippen LogP contribution >= 0.6 is 15.9 Å². The Labute approximate surface area is 191 Å². The number of nitrogens with zero attached hydrogens (tertiary/aromatic N) is 3. The minimum atomic E-state index is -3.70. The number of hydrogen-bond donors (Lipinski definition) is 0. The fourth-order valence-corrected chi connectivity index (χ4v) is 5.01. The number of sulfone groups is 1. The van der Waals surface area contributed by atoms with Gasteiger partial charge in [0.2, 0.25) is 0 Å². The molecule has 4 aromatic rings. The molecule has 0 radical (unpaired) electrons. The van der Waals surface area contributed by atoms with E-state index in [1.54, 1.807) is 13.0 Å². The molecule has 2 heterocycles. The van der Waals surface area contributed by atoms with E-state index >= 15 is 0 Å². The Balaban J connectivity index is 1.85. The summed E-state index contributed by atoms with van der Waals surface area (Å²) in [5.41, 5.74) is 0.590. The molecule has 0 unspecified atom stereocenters. The molecule has 0 amide bonds. The van der Waals surface area contributed by atoms with E-state index in [4.69, 9.17) is 4.74 Å². The fourth-order valence-electron chi connectivity index (χ4n) is 3.39. The Kier molecular flexibility index (Phi) is 5.83. The second-order valence-corrected chi connectivity index (χ2v) is 9.86. The molecule has 32 heavy (non-hydrogen) atoms. The highest BCUT2D eigenvalue weighted by Crippen LogP contribution is 2.31. The lowest BCUT2D eigenvalue weighted by Crippen LogP contribution is -2.18. The Morgan fingerprint density at radius 2 is 1.91 bits per heavy atom. The number of halogens is 2. The standard InChI is InChI=1S/C22H17BrFN3O4S/c1-13-25-8-7-15(26-13)12-32(29,30)16-4-5-19-14(9-16)3-6-22(28)27(19)20-11-18(24)17(23)10-21(20)31-2/h3-11H,12H2,1-2H3. The van der Waals surface area contributed by atoms with Crippen molar-refractivity contribution in [3.05, 3.63) is 86.9 Å². The van der Waals surface area contributed by atoms with E-state index in [1.165, 1.54) is 60.3 Å². The number of fused-ring (bicyclic) bond motifs is 1. The molecule has 4 rings (SSSR count). The third-order valence-corrected chi connectivity index (χ3v) is 7.11. The minimum absolute atomic E-state index is 0.0837. The molecule has 2 aromatic heterocycles. The molecule has 0 aliphatic heterocycles. The van der Waals surface area contributed by atoms with Crippen molar-refractivity contribution in [1.82, 2.24) is 14.5 Å². The Hall–Kier alpha value is -3.11. The number of aryl methyl sites for hydroxylation is 1. The summed E-state index contributed by atoms with van der Waals surface area (Å²) in [6, 6.07) is 11.4. The van der Waals surface area contributed by atoms with Crippen molar-refractivity contribution in [3.63, 3.8) is 0 Å². The van der Waals surface area contributed by atoms with Gasteiger partial charge in [-0.05, 0) is 59.3 Å². The normalized spacial score (nSPS) is 11.6. The van der Waals surface area contributed by atoms with Gasteiger partial charge in [-0.2, -0.15) is 0 Å². The van der Waals surface area contributed by atoms with Crippen molar-refractivity contribution in [2.75, 3.05) is 7.11 Å². The van der Waals surface area contributed by atoms with Gasteiger partial charge < -0.3 is 4.74 Å². The number of hydrogen-bond acceptors (Lipinski definition) is 6. The van der Waals surface area contributed by atoms with E-state index in [9.17, 15) is 17.6 Å². The molecule has 0 bridgehead atoms. The van der Waals surface area contributed by atoms with Gasteiger partial charge in [0.05, 0.1) is 39.1 Å². The number of aromatic nitrogens is 3. The Morgan fingerprint density at radius 1 is 1.12 bits per heavy atom. The second kappa shape index (κ2) is 8.44.